The van der Waals surface area contributed by atoms with Crippen molar-refractivity contribution in [1.29, 1.82) is 0 Å². The standard InChI is InChI=1S/C22H25N5O.HI/c1-23-22(25-16-19-18-7-3-2-6-17(18)10-11-24-19)27-14-12-26(13-15-27)20-8-4-5-9-21(20)28;/h2-11,28H,12-16H2,1H3,(H,23,25);1H. The van der Waals surface area contributed by atoms with Crippen LogP contribution in [-0.4, -0.2) is 54.2 Å². The Hall–Kier alpha value is -2.55. The van der Waals surface area contributed by atoms with Crippen LogP contribution in [0.1, 0.15) is 5.69 Å². The Morgan fingerprint density at radius 3 is 2.52 bits per heavy atom. The number of fused-ring (bicyclic) bond motifs is 1. The molecule has 1 fully saturated rings. The molecule has 0 amide bonds. The maximum absolute atomic E-state index is 10.1. The molecule has 0 atom stereocenters. The van der Waals surface area contributed by atoms with Crippen LogP contribution < -0.4 is 10.2 Å². The third kappa shape index (κ3) is 4.72. The molecule has 2 N–H and O–H groups in total. The van der Waals surface area contributed by atoms with Gasteiger partial charge in [0, 0.05) is 44.8 Å². The van der Waals surface area contributed by atoms with E-state index >= 15 is 0 Å². The molecule has 29 heavy (non-hydrogen) atoms. The molecule has 0 radical (unpaired) electrons. The van der Waals surface area contributed by atoms with Crippen molar-refractivity contribution in [3.05, 3.63) is 66.5 Å². The molecule has 0 aliphatic carbocycles. The molecule has 6 nitrogen and oxygen atoms in total. The topological polar surface area (TPSA) is 64.0 Å². The van der Waals surface area contributed by atoms with Crippen molar-refractivity contribution in [2.45, 2.75) is 6.54 Å². The fourth-order valence-electron chi connectivity index (χ4n) is 3.71. The van der Waals surface area contributed by atoms with Gasteiger partial charge in [0.2, 0.25) is 0 Å². The fourth-order valence-corrected chi connectivity index (χ4v) is 3.71. The SMILES string of the molecule is CN=C(NCc1nccc2ccccc12)N1CCN(c2ccccc2O)CC1.I. The first-order valence-corrected chi connectivity index (χ1v) is 9.57. The monoisotopic (exact) mass is 503 g/mol. The largest absolute Gasteiger partial charge is 0.506 e. The molecule has 1 aromatic heterocycles. The minimum atomic E-state index is 0. The number of halogens is 1. The maximum Gasteiger partial charge on any atom is 0.194 e. The lowest BCUT2D eigenvalue weighted by molar-refractivity contribution is 0.369. The molecule has 152 valence electrons. The van der Waals surface area contributed by atoms with Crippen molar-refractivity contribution >= 4 is 46.4 Å². The number of piperazine rings is 1. The summed E-state index contributed by atoms with van der Waals surface area (Å²) in [4.78, 5) is 13.5. The van der Waals surface area contributed by atoms with E-state index in [1.165, 1.54) is 5.39 Å². The van der Waals surface area contributed by atoms with Crippen LogP contribution in [0.25, 0.3) is 10.8 Å². The number of phenols is 1. The molecule has 3 aromatic rings. The van der Waals surface area contributed by atoms with E-state index < -0.39 is 0 Å². The molecule has 0 unspecified atom stereocenters. The smallest absolute Gasteiger partial charge is 0.194 e. The molecule has 0 saturated carbocycles. The number of rotatable bonds is 3. The molecule has 2 heterocycles. The van der Waals surface area contributed by atoms with E-state index in [-0.39, 0.29) is 24.0 Å². The van der Waals surface area contributed by atoms with Crippen molar-refractivity contribution in [2.75, 3.05) is 38.1 Å². The van der Waals surface area contributed by atoms with Gasteiger partial charge in [0.25, 0.3) is 0 Å². The minimum absolute atomic E-state index is 0. The highest BCUT2D eigenvalue weighted by molar-refractivity contribution is 14.0. The number of hydrogen-bond acceptors (Lipinski definition) is 4. The van der Waals surface area contributed by atoms with Crippen LogP contribution in [0, 0.1) is 0 Å². The average Bonchev–Trinajstić information content (AvgIpc) is 2.75. The van der Waals surface area contributed by atoms with Gasteiger partial charge in [-0.2, -0.15) is 0 Å². The quantitative estimate of drug-likeness (QED) is 0.326. The zero-order valence-electron chi connectivity index (χ0n) is 16.5. The summed E-state index contributed by atoms with van der Waals surface area (Å²) >= 11 is 0. The predicted octanol–water partition coefficient (Wildman–Crippen LogP) is 3.46. The Balaban J connectivity index is 0.00000240. The number of para-hydroxylation sites is 2. The third-order valence-corrected chi connectivity index (χ3v) is 5.18. The van der Waals surface area contributed by atoms with Crippen LogP contribution in [-0.2, 0) is 6.54 Å². The Morgan fingerprint density at radius 2 is 1.76 bits per heavy atom. The molecular weight excluding hydrogens is 477 g/mol. The van der Waals surface area contributed by atoms with Crippen molar-refractivity contribution in [1.82, 2.24) is 15.2 Å². The van der Waals surface area contributed by atoms with E-state index in [2.05, 4.69) is 37.2 Å². The van der Waals surface area contributed by atoms with E-state index in [0.717, 1.165) is 48.9 Å². The second-order valence-electron chi connectivity index (χ2n) is 6.84. The summed E-state index contributed by atoms with van der Waals surface area (Å²) in [5.74, 6) is 1.21. The number of nitrogens with one attached hydrogen (secondary N) is 1. The van der Waals surface area contributed by atoms with Gasteiger partial charge in [0.05, 0.1) is 17.9 Å². The van der Waals surface area contributed by atoms with Crippen LogP contribution in [0.15, 0.2) is 65.8 Å². The molecule has 0 spiro atoms. The molecule has 0 bridgehead atoms. The van der Waals surface area contributed by atoms with E-state index in [0.29, 0.717) is 12.3 Å². The number of benzene rings is 2. The molecule has 2 aromatic carbocycles. The lowest BCUT2D eigenvalue weighted by Gasteiger charge is -2.37. The van der Waals surface area contributed by atoms with Crippen molar-refractivity contribution in [2.24, 2.45) is 4.99 Å². The van der Waals surface area contributed by atoms with E-state index in [9.17, 15) is 5.11 Å². The van der Waals surface area contributed by atoms with Gasteiger partial charge in [-0.25, -0.2) is 0 Å². The van der Waals surface area contributed by atoms with Gasteiger partial charge < -0.3 is 20.2 Å². The van der Waals surface area contributed by atoms with E-state index in [4.69, 9.17) is 0 Å². The number of guanidine groups is 1. The first kappa shape index (κ1) is 21.2. The Kier molecular flexibility index (Phi) is 7.13. The van der Waals surface area contributed by atoms with Gasteiger partial charge in [-0.3, -0.25) is 9.98 Å². The first-order chi connectivity index (χ1) is 13.8. The number of phenolic OH excluding ortho intramolecular Hbond substituents is 1. The van der Waals surface area contributed by atoms with Crippen molar-refractivity contribution in [3.63, 3.8) is 0 Å². The Morgan fingerprint density at radius 1 is 1.03 bits per heavy atom. The van der Waals surface area contributed by atoms with Gasteiger partial charge >= 0.3 is 0 Å². The summed E-state index contributed by atoms with van der Waals surface area (Å²) in [5, 5.41) is 15.9. The number of pyridine rings is 1. The summed E-state index contributed by atoms with van der Waals surface area (Å²) in [6.45, 7) is 4.00. The number of hydrogen-bond donors (Lipinski definition) is 2. The van der Waals surface area contributed by atoms with Gasteiger partial charge in [-0.15, -0.1) is 24.0 Å². The van der Waals surface area contributed by atoms with E-state index in [1.807, 2.05) is 49.6 Å². The predicted molar refractivity (Wildman–Crippen MR) is 129 cm³/mol. The average molecular weight is 503 g/mol. The van der Waals surface area contributed by atoms with Crippen LogP contribution in [0.4, 0.5) is 5.69 Å². The third-order valence-electron chi connectivity index (χ3n) is 5.18. The van der Waals surface area contributed by atoms with Crippen molar-refractivity contribution < 1.29 is 5.11 Å². The fraction of sp³-hybridized carbons (Fsp3) is 0.273. The van der Waals surface area contributed by atoms with Crippen molar-refractivity contribution in [3.8, 4) is 5.75 Å². The summed E-state index contributed by atoms with van der Waals surface area (Å²) in [7, 11) is 1.81. The number of aromatic hydroxyl groups is 1. The van der Waals surface area contributed by atoms with Crippen LogP contribution in [0.2, 0.25) is 0 Å². The second-order valence-corrected chi connectivity index (χ2v) is 6.84. The highest BCUT2D eigenvalue weighted by Gasteiger charge is 2.21. The zero-order chi connectivity index (χ0) is 19.3. The summed E-state index contributed by atoms with van der Waals surface area (Å²) in [6.07, 6.45) is 1.85. The molecule has 1 aliphatic rings. The van der Waals surface area contributed by atoms with Gasteiger partial charge in [-0.1, -0.05) is 36.4 Å². The molecule has 1 saturated heterocycles. The summed E-state index contributed by atoms with van der Waals surface area (Å²) < 4.78 is 0. The molecule has 4 rings (SSSR count). The zero-order valence-corrected chi connectivity index (χ0v) is 18.8. The number of aromatic nitrogens is 1. The highest BCUT2D eigenvalue weighted by atomic mass is 127. The van der Waals surface area contributed by atoms with Crippen LogP contribution in [0.5, 0.6) is 5.75 Å². The molecule has 1 aliphatic heterocycles. The lowest BCUT2D eigenvalue weighted by Crippen LogP contribution is -2.52. The summed E-state index contributed by atoms with van der Waals surface area (Å²) in [5.41, 5.74) is 1.91. The Bertz CT molecular complexity index is 980. The van der Waals surface area contributed by atoms with Crippen LogP contribution >= 0.6 is 24.0 Å². The van der Waals surface area contributed by atoms with Gasteiger partial charge in [-0.05, 0) is 23.6 Å². The highest BCUT2D eigenvalue weighted by Crippen LogP contribution is 2.27. The number of anilines is 1. The maximum atomic E-state index is 10.1. The lowest BCUT2D eigenvalue weighted by atomic mass is 10.1. The second kappa shape index (κ2) is 9.78. The number of nitrogens with zero attached hydrogens (tertiary/aromatic N) is 4. The summed E-state index contributed by atoms with van der Waals surface area (Å²) in [6, 6.07) is 17.8. The first-order valence-electron chi connectivity index (χ1n) is 9.57. The molecule has 7 heteroatoms. The molecular formula is C22H26IN5O. The number of aliphatic imine (C=N–C) groups is 1. The minimum Gasteiger partial charge on any atom is -0.506 e. The van der Waals surface area contributed by atoms with Crippen LogP contribution in [0.3, 0.4) is 0 Å². The van der Waals surface area contributed by atoms with E-state index in [1.54, 1.807) is 6.07 Å². The van der Waals surface area contributed by atoms with Gasteiger partial charge in [0.15, 0.2) is 5.96 Å². The van der Waals surface area contributed by atoms with Gasteiger partial charge in [0.1, 0.15) is 5.75 Å². The Labute approximate surface area is 188 Å². The normalized spacial score (nSPS) is 14.6.